The van der Waals surface area contributed by atoms with Crippen LogP contribution in [0.4, 0.5) is 0 Å². The van der Waals surface area contributed by atoms with Crippen molar-refractivity contribution in [2.24, 2.45) is 0 Å². The Morgan fingerprint density at radius 2 is 1.54 bits per heavy atom. The molecule has 180 valence electrons. The number of pyridine rings is 2. The summed E-state index contributed by atoms with van der Waals surface area (Å²) in [4.78, 5) is 14.5. The zero-order valence-corrected chi connectivity index (χ0v) is 23.3. The van der Waals surface area contributed by atoms with E-state index in [1.165, 1.54) is 5.56 Å². The van der Waals surface area contributed by atoms with Crippen molar-refractivity contribution in [3.05, 3.63) is 90.4 Å². The van der Waals surface area contributed by atoms with E-state index in [0.717, 1.165) is 45.1 Å². The minimum Gasteiger partial charge on any atom is -0.439 e. The normalized spacial score (nSPS) is 12.1. The Kier molecular flexibility index (Phi) is 6.63. The predicted octanol–water partition coefficient (Wildman–Crippen LogP) is 7.10. The fourth-order valence-corrected chi connectivity index (χ4v) is 4.05. The van der Waals surface area contributed by atoms with E-state index in [9.17, 15) is 0 Å². The quantitative estimate of drug-likeness (QED) is 0.198. The number of benzene rings is 1. The molecule has 4 nitrogen and oxygen atoms in total. The number of hydrogen-bond donors (Lipinski definition) is 0. The molecule has 5 heteroatoms. The van der Waals surface area contributed by atoms with E-state index in [2.05, 4.69) is 99.6 Å². The van der Waals surface area contributed by atoms with Gasteiger partial charge in [-0.1, -0.05) is 113 Å². The van der Waals surface area contributed by atoms with E-state index < -0.39 is 0 Å². The average molecular weight is 642 g/mol. The summed E-state index contributed by atoms with van der Waals surface area (Å²) in [6.45, 7) is 13.2. The summed E-state index contributed by atoms with van der Waals surface area (Å²) in [5, 5.41) is 1.08. The van der Waals surface area contributed by atoms with Crippen molar-refractivity contribution < 1.29 is 21.1 Å². The van der Waals surface area contributed by atoms with Gasteiger partial charge in [-0.15, -0.1) is 23.8 Å². The Hall–Kier alpha value is -2.97. The molecule has 0 bridgehead atoms. The predicted molar refractivity (Wildman–Crippen MR) is 139 cm³/mol. The van der Waals surface area contributed by atoms with Crippen molar-refractivity contribution >= 4 is 11.0 Å². The Balaban J connectivity index is 0.00000289. The summed E-state index contributed by atoms with van der Waals surface area (Å²) in [7, 11) is 0. The summed E-state index contributed by atoms with van der Waals surface area (Å²) in [6, 6.07) is 24.4. The second-order valence-corrected chi connectivity index (χ2v) is 10.9. The first-order valence-electron chi connectivity index (χ1n) is 11.7. The second-order valence-electron chi connectivity index (χ2n) is 10.9. The van der Waals surface area contributed by atoms with Gasteiger partial charge in [0.2, 0.25) is 0 Å². The maximum Gasteiger partial charge on any atom is 2.00 e. The van der Waals surface area contributed by atoms with Crippen LogP contribution in [0.25, 0.3) is 39.4 Å². The summed E-state index contributed by atoms with van der Waals surface area (Å²) in [5.41, 5.74) is 6.93. The topological polar surface area (TPSA) is 44.8 Å². The average Bonchev–Trinajstić information content (AvgIpc) is 3.45. The van der Waals surface area contributed by atoms with Gasteiger partial charge in [-0.05, 0) is 22.3 Å². The molecule has 0 fully saturated rings. The fraction of sp³-hybridized carbons (Fsp3) is 0.267. The molecule has 0 N–H and O–H groups in total. The van der Waals surface area contributed by atoms with Crippen molar-refractivity contribution in [1.29, 1.82) is 0 Å². The summed E-state index contributed by atoms with van der Waals surface area (Å²) in [5.74, 6) is 0.895. The number of nitrogens with zero attached hydrogens (tertiary/aromatic N) is 4. The van der Waals surface area contributed by atoms with Crippen LogP contribution in [-0.2, 0) is 31.9 Å². The number of fused-ring (bicyclic) bond motifs is 1. The zero-order valence-electron chi connectivity index (χ0n) is 21.0. The molecule has 5 rings (SSSR count). The van der Waals surface area contributed by atoms with Crippen LogP contribution in [0.15, 0.2) is 73.1 Å². The molecule has 4 heterocycles. The molecule has 0 radical (unpaired) electrons. The Bertz CT molecular complexity index is 1460. The third-order valence-corrected chi connectivity index (χ3v) is 6.13. The molecule has 0 aliphatic carbocycles. The standard InChI is InChI=1S/C30H30N4.Pt/c1-29(2,3)23-18-21(24-9-7-8-15-31-24)17-22(19-23)25-11-10-20-14-16-34(28(20)32-25)27-13-12-26(33-27)30(4,5)6;/h7-16,18-19H,1-6H3;/q-2;+2. The van der Waals surface area contributed by atoms with E-state index in [1.807, 2.05) is 30.6 Å². The molecular weight excluding hydrogens is 611 g/mol. The van der Waals surface area contributed by atoms with Gasteiger partial charge in [-0.25, -0.2) is 0 Å². The molecule has 0 spiro atoms. The van der Waals surface area contributed by atoms with Crippen LogP contribution in [0.3, 0.4) is 0 Å². The summed E-state index contributed by atoms with van der Waals surface area (Å²) in [6.07, 6.45) is 3.87. The Morgan fingerprint density at radius 1 is 0.800 bits per heavy atom. The van der Waals surface area contributed by atoms with Crippen LogP contribution in [0.1, 0.15) is 52.8 Å². The van der Waals surface area contributed by atoms with E-state index >= 15 is 0 Å². The summed E-state index contributed by atoms with van der Waals surface area (Å²) >= 11 is 0. The molecule has 0 amide bonds. The number of aromatic nitrogens is 4. The first-order valence-corrected chi connectivity index (χ1v) is 11.7. The third-order valence-electron chi connectivity index (χ3n) is 6.13. The van der Waals surface area contributed by atoms with Crippen molar-refractivity contribution in [3.63, 3.8) is 0 Å². The van der Waals surface area contributed by atoms with Gasteiger partial charge in [-0.2, -0.15) is 0 Å². The van der Waals surface area contributed by atoms with Crippen LogP contribution >= 0.6 is 0 Å². The number of rotatable bonds is 3. The minimum absolute atomic E-state index is 0. The van der Waals surface area contributed by atoms with Crippen molar-refractivity contribution in [3.8, 4) is 28.3 Å². The van der Waals surface area contributed by atoms with Crippen LogP contribution < -0.4 is 4.98 Å². The molecule has 0 saturated heterocycles. The molecule has 1 aromatic carbocycles. The minimum atomic E-state index is -0.0136. The first-order chi connectivity index (χ1) is 16.1. The van der Waals surface area contributed by atoms with Crippen LogP contribution in [0.5, 0.6) is 0 Å². The van der Waals surface area contributed by atoms with E-state index in [-0.39, 0.29) is 31.9 Å². The van der Waals surface area contributed by atoms with Crippen LogP contribution in [0.2, 0.25) is 0 Å². The van der Waals surface area contributed by atoms with E-state index in [0.29, 0.717) is 0 Å². The molecule has 5 aromatic rings. The van der Waals surface area contributed by atoms with Gasteiger partial charge in [-0.3, -0.25) is 9.97 Å². The van der Waals surface area contributed by atoms with Gasteiger partial charge < -0.3 is 9.55 Å². The molecule has 35 heavy (non-hydrogen) atoms. The third kappa shape index (κ3) is 5.04. The van der Waals surface area contributed by atoms with Crippen molar-refractivity contribution in [2.75, 3.05) is 0 Å². The zero-order chi connectivity index (χ0) is 24.1. The molecule has 0 aliphatic rings. The van der Waals surface area contributed by atoms with Crippen LogP contribution in [-0.4, -0.2) is 14.5 Å². The first kappa shape index (κ1) is 25.1. The molecule has 0 saturated carbocycles. The van der Waals surface area contributed by atoms with Gasteiger partial charge >= 0.3 is 21.1 Å². The van der Waals surface area contributed by atoms with Gasteiger partial charge in [0.25, 0.3) is 0 Å². The molecule has 0 aliphatic heterocycles. The van der Waals surface area contributed by atoms with Crippen molar-refractivity contribution in [2.45, 2.75) is 52.4 Å². The molecule has 0 atom stereocenters. The largest absolute Gasteiger partial charge is 2.00 e. The Labute approximate surface area is 222 Å². The van der Waals surface area contributed by atoms with E-state index in [4.69, 9.17) is 9.97 Å². The molecule has 4 aromatic heterocycles. The summed E-state index contributed by atoms with van der Waals surface area (Å²) < 4.78 is 2.07. The van der Waals surface area contributed by atoms with Gasteiger partial charge in [0.05, 0.1) is 5.65 Å². The molecular formula is C30H30N4Pt. The van der Waals surface area contributed by atoms with Crippen molar-refractivity contribution in [1.82, 2.24) is 19.5 Å². The maximum atomic E-state index is 5.08. The monoisotopic (exact) mass is 641 g/mol. The van der Waals surface area contributed by atoms with E-state index in [1.54, 1.807) is 0 Å². The Morgan fingerprint density at radius 3 is 2.17 bits per heavy atom. The van der Waals surface area contributed by atoms with Gasteiger partial charge in [0.15, 0.2) is 0 Å². The fourth-order valence-electron chi connectivity index (χ4n) is 4.05. The maximum absolute atomic E-state index is 5.08. The van der Waals surface area contributed by atoms with Gasteiger partial charge in [0.1, 0.15) is 0 Å². The van der Waals surface area contributed by atoms with Crippen LogP contribution in [0, 0.1) is 6.07 Å². The smallest absolute Gasteiger partial charge is 0.439 e. The second kappa shape index (κ2) is 9.24. The SMILES string of the molecule is CC(C)(C)c1cc(-c2ccccn2)[c-]c(-c2ccc3ccn(-c4ccc(C(C)(C)C)[n-]4)c3n2)c1.[Pt+2]. The number of hydrogen-bond acceptors (Lipinski definition) is 2. The van der Waals surface area contributed by atoms with Gasteiger partial charge in [0, 0.05) is 17.6 Å². The molecule has 0 unspecified atom stereocenters.